The van der Waals surface area contributed by atoms with Gasteiger partial charge in [0.05, 0.1) is 29.4 Å². The third-order valence-electron chi connectivity index (χ3n) is 6.61. The van der Waals surface area contributed by atoms with Gasteiger partial charge in [-0.15, -0.1) is 0 Å². The van der Waals surface area contributed by atoms with E-state index >= 15 is 0 Å². The quantitative estimate of drug-likeness (QED) is 0.291. The van der Waals surface area contributed by atoms with Gasteiger partial charge in [0.1, 0.15) is 28.8 Å². The van der Waals surface area contributed by atoms with Gasteiger partial charge in [-0.1, -0.05) is 5.16 Å². The van der Waals surface area contributed by atoms with E-state index in [-0.39, 0.29) is 5.82 Å². The first-order valence-electron chi connectivity index (χ1n) is 11.8. The van der Waals surface area contributed by atoms with E-state index in [1.165, 1.54) is 0 Å². The molecule has 0 unspecified atom stereocenters. The third kappa shape index (κ3) is 3.46. The topological polar surface area (TPSA) is 144 Å². The number of aromatic carboxylic acids is 1. The molecule has 0 atom stereocenters. The molecular weight excluding hydrogens is 462 g/mol. The molecule has 1 aliphatic carbocycles. The molecule has 4 aromatic heterocycles. The van der Waals surface area contributed by atoms with Crippen LogP contribution in [0.25, 0.3) is 33.1 Å². The van der Waals surface area contributed by atoms with Gasteiger partial charge in [0.2, 0.25) is 5.82 Å². The number of carboxylic acid groups (broad SMARTS) is 1. The fourth-order valence-corrected chi connectivity index (χ4v) is 4.72. The monoisotopic (exact) mass is 487 g/mol. The molecular formula is C25H25N7O4. The van der Waals surface area contributed by atoms with Gasteiger partial charge in [-0.05, 0) is 45.7 Å². The second-order valence-corrected chi connectivity index (χ2v) is 9.02. The van der Waals surface area contributed by atoms with Crippen molar-refractivity contribution in [1.29, 1.82) is 0 Å². The maximum absolute atomic E-state index is 11.9. The standard InChI is InChI=1S/C25H25N7O4/c1-5-32-19(10-16(30-32)13-6-7-13)27-23-21-14-9-18(35-4)15(20-11(2)31-36-12(20)3)8-17(14)26-22(21)28-24(29-23)25(33)34/h8-10,13H,5-7H2,1-4H3,(H,33,34)(H2,26,27,28,29). The Kier molecular flexibility index (Phi) is 4.95. The molecule has 36 heavy (non-hydrogen) atoms. The first kappa shape index (κ1) is 22.1. The van der Waals surface area contributed by atoms with Crippen molar-refractivity contribution < 1.29 is 19.2 Å². The van der Waals surface area contributed by atoms with Gasteiger partial charge < -0.3 is 24.7 Å². The summed E-state index contributed by atoms with van der Waals surface area (Å²) in [6, 6.07) is 5.85. The Bertz CT molecular complexity index is 1640. The van der Waals surface area contributed by atoms with Gasteiger partial charge in [0.25, 0.3) is 0 Å². The zero-order valence-corrected chi connectivity index (χ0v) is 20.3. The van der Waals surface area contributed by atoms with E-state index in [0.717, 1.165) is 52.1 Å². The Balaban J connectivity index is 1.57. The molecule has 0 saturated heterocycles. The van der Waals surface area contributed by atoms with Crippen LogP contribution in [0, 0.1) is 13.8 Å². The van der Waals surface area contributed by atoms with Crippen molar-refractivity contribution in [3.8, 4) is 16.9 Å². The zero-order valence-electron chi connectivity index (χ0n) is 20.3. The van der Waals surface area contributed by atoms with Crippen molar-refractivity contribution in [2.24, 2.45) is 0 Å². The number of carboxylic acids is 1. The Labute approximate surface area is 205 Å². The largest absolute Gasteiger partial charge is 0.496 e. The molecule has 11 heteroatoms. The molecule has 184 valence electrons. The number of hydrogen-bond donors (Lipinski definition) is 3. The number of aromatic nitrogens is 6. The van der Waals surface area contributed by atoms with Crippen molar-refractivity contribution in [2.75, 3.05) is 12.4 Å². The minimum atomic E-state index is -1.21. The number of hydrogen-bond acceptors (Lipinski definition) is 8. The summed E-state index contributed by atoms with van der Waals surface area (Å²) in [6.07, 6.45) is 2.27. The maximum atomic E-state index is 11.9. The third-order valence-corrected chi connectivity index (χ3v) is 6.61. The fourth-order valence-electron chi connectivity index (χ4n) is 4.72. The van der Waals surface area contributed by atoms with Gasteiger partial charge in [-0.3, -0.25) is 0 Å². The van der Waals surface area contributed by atoms with Crippen molar-refractivity contribution in [3.63, 3.8) is 0 Å². The summed E-state index contributed by atoms with van der Waals surface area (Å²) in [7, 11) is 1.61. The Hall–Kier alpha value is -4.41. The predicted molar refractivity (Wildman–Crippen MR) is 133 cm³/mol. The van der Waals surface area contributed by atoms with Crippen molar-refractivity contribution in [2.45, 2.75) is 46.1 Å². The molecule has 1 saturated carbocycles. The van der Waals surface area contributed by atoms with Crippen LogP contribution < -0.4 is 10.1 Å². The van der Waals surface area contributed by atoms with Gasteiger partial charge in [0, 0.05) is 35.0 Å². The summed E-state index contributed by atoms with van der Waals surface area (Å²) >= 11 is 0. The molecule has 1 aliphatic rings. The van der Waals surface area contributed by atoms with Gasteiger partial charge in [-0.2, -0.15) is 5.10 Å². The first-order chi connectivity index (χ1) is 17.4. The van der Waals surface area contributed by atoms with E-state index in [1.54, 1.807) is 7.11 Å². The molecule has 5 aromatic rings. The number of nitrogens with one attached hydrogen (secondary N) is 2. The van der Waals surface area contributed by atoms with Crippen molar-refractivity contribution in [1.82, 2.24) is 29.9 Å². The van der Waals surface area contributed by atoms with E-state index in [9.17, 15) is 9.90 Å². The summed E-state index contributed by atoms with van der Waals surface area (Å²) in [5, 5.41) is 23.3. The van der Waals surface area contributed by atoms with Gasteiger partial charge in [0.15, 0.2) is 0 Å². The lowest BCUT2D eigenvalue weighted by molar-refractivity contribution is 0.0684. The maximum Gasteiger partial charge on any atom is 0.374 e. The van der Waals surface area contributed by atoms with E-state index in [0.29, 0.717) is 40.8 Å². The molecule has 3 N–H and O–H groups in total. The molecule has 1 aromatic carbocycles. The summed E-state index contributed by atoms with van der Waals surface area (Å²) < 4.78 is 13.0. The highest BCUT2D eigenvalue weighted by Crippen LogP contribution is 2.42. The predicted octanol–water partition coefficient (Wildman–Crippen LogP) is 4.93. The fraction of sp³-hybridized carbons (Fsp3) is 0.320. The molecule has 1 fully saturated rings. The Morgan fingerprint density at radius 1 is 1.28 bits per heavy atom. The van der Waals surface area contributed by atoms with Crippen LogP contribution in [0.4, 0.5) is 11.6 Å². The normalized spacial score (nSPS) is 13.6. The zero-order chi connectivity index (χ0) is 25.1. The molecule has 0 amide bonds. The number of carbonyl (C=O) groups is 1. The molecule has 0 spiro atoms. The van der Waals surface area contributed by atoms with Crippen LogP contribution in [0.3, 0.4) is 0 Å². The Morgan fingerprint density at radius 3 is 2.72 bits per heavy atom. The molecule has 11 nitrogen and oxygen atoms in total. The van der Waals surface area contributed by atoms with E-state index in [2.05, 4.69) is 25.4 Å². The minimum absolute atomic E-state index is 0.306. The smallest absolute Gasteiger partial charge is 0.374 e. The molecule has 4 heterocycles. The number of ether oxygens (including phenoxy) is 1. The number of fused-ring (bicyclic) bond motifs is 3. The number of aromatic amines is 1. The molecule has 6 rings (SSSR count). The molecule has 0 radical (unpaired) electrons. The van der Waals surface area contributed by atoms with E-state index in [4.69, 9.17) is 14.4 Å². The lowest BCUT2D eigenvalue weighted by Gasteiger charge is -2.11. The number of anilines is 2. The highest BCUT2D eigenvalue weighted by molar-refractivity contribution is 6.13. The van der Waals surface area contributed by atoms with Crippen LogP contribution in [0.5, 0.6) is 5.75 Å². The number of nitrogens with zero attached hydrogens (tertiary/aromatic N) is 5. The van der Waals surface area contributed by atoms with Gasteiger partial charge in [-0.25, -0.2) is 19.4 Å². The lowest BCUT2D eigenvalue weighted by Crippen LogP contribution is -2.09. The number of aryl methyl sites for hydroxylation is 3. The second kappa shape index (κ2) is 8.08. The van der Waals surface area contributed by atoms with E-state index < -0.39 is 5.97 Å². The SMILES string of the molecule is CCn1nc(C2CC2)cc1Nc1nc(C(=O)O)nc2[nH]c3cc(-c4c(C)noc4C)c(OC)cc3c12. The summed E-state index contributed by atoms with van der Waals surface area (Å²) in [6.45, 7) is 6.40. The van der Waals surface area contributed by atoms with Crippen molar-refractivity contribution >= 4 is 39.5 Å². The average molecular weight is 488 g/mol. The van der Waals surface area contributed by atoms with Crippen LogP contribution in [-0.4, -0.2) is 48.1 Å². The summed E-state index contributed by atoms with van der Waals surface area (Å²) in [5.41, 5.74) is 4.60. The summed E-state index contributed by atoms with van der Waals surface area (Å²) in [5.74, 6) is 1.40. The average Bonchev–Trinajstić information content (AvgIpc) is 3.41. The number of H-pyrrole nitrogens is 1. The van der Waals surface area contributed by atoms with Crippen LogP contribution in [0.1, 0.15) is 53.5 Å². The van der Waals surface area contributed by atoms with Crippen LogP contribution >= 0.6 is 0 Å². The lowest BCUT2D eigenvalue weighted by atomic mass is 10.0. The highest BCUT2D eigenvalue weighted by atomic mass is 16.5. The highest BCUT2D eigenvalue weighted by Gasteiger charge is 2.28. The number of benzene rings is 1. The summed E-state index contributed by atoms with van der Waals surface area (Å²) in [4.78, 5) is 23.8. The minimum Gasteiger partial charge on any atom is -0.496 e. The number of rotatable bonds is 7. The van der Waals surface area contributed by atoms with Crippen LogP contribution in [-0.2, 0) is 6.54 Å². The Morgan fingerprint density at radius 2 is 2.08 bits per heavy atom. The second-order valence-electron chi connectivity index (χ2n) is 9.02. The van der Waals surface area contributed by atoms with E-state index in [1.807, 2.05) is 43.7 Å². The molecule has 0 aliphatic heterocycles. The van der Waals surface area contributed by atoms with Gasteiger partial charge >= 0.3 is 5.97 Å². The molecule has 0 bridgehead atoms. The number of methoxy groups -OCH3 is 1. The first-order valence-corrected chi connectivity index (χ1v) is 11.8. The van der Waals surface area contributed by atoms with Crippen molar-refractivity contribution in [3.05, 3.63) is 41.2 Å². The van der Waals surface area contributed by atoms with Crippen LogP contribution in [0.15, 0.2) is 22.7 Å². The van der Waals surface area contributed by atoms with Crippen LogP contribution in [0.2, 0.25) is 0 Å².